The first-order valence-electron chi connectivity index (χ1n) is 10.1. The molecule has 0 unspecified atom stereocenters. The number of rotatable bonds is 6. The van der Waals surface area contributed by atoms with E-state index in [0.29, 0.717) is 31.9 Å². The maximum atomic E-state index is 12.5. The van der Waals surface area contributed by atoms with Gasteiger partial charge in [-0.2, -0.15) is 4.31 Å². The lowest BCUT2D eigenvalue weighted by Gasteiger charge is -2.36. The lowest BCUT2D eigenvalue weighted by molar-refractivity contribution is 0.255. The topological polar surface area (TPSA) is 94.3 Å². The highest BCUT2D eigenvalue weighted by atomic mass is 32.2. The third-order valence-corrected chi connectivity index (χ3v) is 7.19. The van der Waals surface area contributed by atoms with E-state index in [0.717, 1.165) is 19.0 Å². The molecule has 2 fully saturated rings. The fourth-order valence-electron chi connectivity index (χ4n) is 3.79. The Hall–Kier alpha value is -1.65. The number of likely N-dealkylation sites (tertiary alicyclic amines) is 1. The smallest absolute Gasteiger partial charge is 0.220 e. The molecule has 158 valence electrons. The van der Waals surface area contributed by atoms with E-state index in [4.69, 9.17) is 4.52 Å². The van der Waals surface area contributed by atoms with Crippen LogP contribution in [0.25, 0.3) is 0 Å². The summed E-state index contributed by atoms with van der Waals surface area (Å²) in [6.45, 7) is 6.40. The van der Waals surface area contributed by atoms with Crippen molar-refractivity contribution in [3.63, 3.8) is 0 Å². The van der Waals surface area contributed by atoms with Crippen LogP contribution in [0.3, 0.4) is 0 Å². The van der Waals surface area contributed by atoms with Crippen LogP contribution in [0.15, 0.2) is 21.8 Å². The highest BCUT2D eigenvalue weighted by Gasteiger charge is 2.29. The van der Waals surface area contributed by atoms with Crippen LogP contribution in [0, 0.1) is 0 Å². The molecule has 2 aliphatic rings. The molecule has 0 spiro atoms. The zero-order valence-electron chi connectivity index (χ0n) is 16.7. The summed E-state index contributed by atoms with van der Waals surface area (Å²) in [5.41, 5.74) is 0.438. The minimum atomic E-state index is -3.38. The average molecular weight is 413 g/mol. The van der Waals surface area contributed by atoms with Gasteiger partial charge >= 0.3 is 0 Å². The average Bonchev–Trinajstić information content (AvgIpc) is 3.05. The Bertz CT molecular complexity index is 706. The Balaban J connectivity index is 1.43. The Morgan fingerprint density at radius 3 is 2.46 bits per heavy atom. The van der Waals surface area contributed by atoms with Gasteiger partial charge in [0, 0.05) is 52.4 Å². The number of piperazine rings is 1. The van der Waals surface area contributed by atoms with E-state index in [1.165, 1.54) is 49.3 Å². The fourth-order valence-corrected chi connectivity index (χ4v) is 5.21. The van der Waals surface area contributed by atoms with E-state index >= 15 is 0 Å². The molecule has 1 aromatic heterocycles. The molecule has 0 aromatic carbocycles. The molecule has 0 amide bonds. The van der Waals surface area contributed by atoms with Crippen molar-refractivity contribution >= 4 is 16.0 Å². The molecular weight excluding hydrogens is 380 g/mol. The third kappa shape index (κ3) is 5.92. The Kier molecular flexibility index (Phi) is 7.69. The number of guanidine groups is 1. The van der Waals surface area contributed by atoms with Crippen molar-refractivity contribution in [1.82, 2.24) is 24.6 Å². The lowest BCUT2D eigenvalue weighted by Crippen LogP contribution is -2.54. The first kappa shape index (κ1) is 21.1. The number of hydrogen-bond donors (Lipinski definition) is 1. The standard InChI is InChI=1S/C18H32N6O3S/c1-19-18(20-7-10-22-8-4-2-3-5-9-22)23-11-13-24(14-12-23)28(25,26)16-17-6-15-27-21-17/h6,15H,2-5,7-14,16H2,1H3,(H,19,20). The lowest BCUT2D eigenvalue weighted by atomic mass is 10.2. The van der Waals surface area contributed by atoms with Gasteiger partial charge in [-0.25, -0.2) is 8.42 Å². The molecule has 3 rings (SSSR count). The SMILES string of the molecule is CN=C(NCCN1CCCCCC1)N1CCN(S(=O)(=O)Cc2ccon2)CC1. The van der Waals surface area contributed by atoms with E-state index in [1.54, 1.807) is 13.1 Å². The van der Waals surface area contributed by atoms with Crippen molar-refractivity contribution in [2.75, 3.05) is 59.4 Å². The van der Waals surface area contributed by atoms with Gasteiger partial charge in [0.2, 0.25) is 10.0 Å². The van der Waals surface area contributed by atoms with Crippen LogP contribution in [0.2, 0.25) is 0 Å². The minimum absolute atomic E-state index is 0.119. The number of aliphatic imine (C=N–C) groups is 1. The highest BCUT2D eigenvalue weighted by molar-refractivity contribution is 7.88. The Morgan fingerprint density at radius 1 is 1.14 bits per heavy atom. The van der Waals surface area contributed by atoms with Gasteiger partial charge in [-0.1, -0.05) is 18.0 Å². The predicted molar refractivity (Wildman–Crippen MR) is 109 cm³/mol. The molecule has 2 saturated heterocycles. The first-order valence-corrected chi connectivity index (χ1v) is 11.7. The number of nitrogens with zero attached hydrogens (tertiary/aromatic N) is 5. The fraction of sp³-hybridized carbons (Fsp3) is 0.778. The molecule has 0 atom stereocenters. The van der Waals surface area contributed by atoms with Gasteiger partial charge in [-0.15, -0.1) is 0 Å². The van der Waals surface area contributed by atoms with E-state index < -0.39 is 10.0 Å². The summed E-state index contributed by atoms with van der Waals surface area (Å²) in [6.07, 6.45) is 6.66. The Labute approximate surface area is 167 Å². The van der Waals surface area contributed by atoms with Gasteiger partial charge in [0.15, 0.2) is 5.96 Å². The first-order chi connectivity index (χ1) is 13.6. The number of aromatic nitrogens is 1. The second-order valence-electron chi connectivity index (χ2n) is 7.36. The number of nitrogens with one attached hydrogen (secondary N) is 1. The summed E-state index contributed by atoms with van der Waals surface area (Å²) < 4.78 is 31.4. The predicted octanol–water partition coefficient (Wildman–Crippen LogP) is 0.573. The molecule has 1 aromatic rings. The van der Waals surface area contributed by atoms with E-state index in [-0.39, 0.29) is 5.75 Å². The largest absolute Gasteiger partial charge is 0.364 e. The maximum absolute atomic E-state index is 12.5. The minimum Gasteiger partial charge on any atom is -0.364 e. The normalized spacial score (nSPS) is 20.9. The summed E-state index contributed by atoms with van der Waals surface area (Å²) in [7, 11) is -1.60. The molecular formula is C18H32N6O3S. The number of sulfonamides is 1. The molecule has 3 heterocycles. The molecule has 28 heavy (non-hydrogen) atoms. The van der Waals surface area contributed by atoms with Crippen molar-refractivity contribution in [2.45, 2.75) is 31.4 Å². The van der Waals surface area contributed by atoms with Gasteiger partial charge in [-0.3, -0.25) is 4.99 Å². The van der Waals surface area contributed by atoms with Gasteiger partial charge in [0.25, 0.3) is 0 Å². The molecule has 10 heteroatoms. The van der Waals surface area contributed by atoms with Crippen molar-refractivity contribution < 1.29 is 12.9 Å². The van der Waals surface area contributed by atoms with Crippen LogP contribution in [0.5, 0.6) is 0 Å². The molecule has 0 aliphatic carbocycles. The molecule has 0 radical (unpaired) electrons. The van der Waals surface area contributed by atoms with Crippen molar-refractivity contribution in [3.8, 4) is 0 Å². The summed E-state index contributed by atoms with van der Waals surface area (Å²) in [5, 5.41) is 7.15. The van der Waals surface area contributed by atoms with Gasteiger partial charge in [0.1, 0.15) is 12.0 Å². The van der Waals surface area contributed by atoms with Crippen LogP contribution in [0.1, 0.15) is 31.4 Å². The second kappa shape index (κ2) is 10.2. The Morgan fingerprint density at radius 2 is 1.86 bits per heavy atom. The summed E-state index contributed by atoms with van der Waals surface area (Å²) in [4.78, 5) is 9.03. The van der Waals surface area contributed by atoms with Gasteiger partial charge < -0.3 is 19.6 Å². The highest BCUT2D eigenvalue weighted by Crippen LogP contribution is 2.13. The van der Waals surface area contributed by atoms with Crippen LogP contribution in [-0.4, -0.2) is 93.0 Å². The molecule has 9 nitrogen and oxygen atoms in total. The van der Waals surface area contributed by atoms with Crippen LogP contribution < -0.4 is 5.32 Å². The quantitative estimate of drug-likeness (QED) is 0.539. The molecule has 0 bridgehead atoms. The van der Waals surface area contributed by atoms with Crippen molar-refractivity contribution in [1.29, 1.82) is 0 Å². The third-order valence-electron chi connectivity index (χ3n) is 5.37. The van der Waals surface area contributed by atoms with Crippen LogP contribution in [0.4, 0.5) is 0 Å². The second-order valence-corrected chi connectivity index (χ2v) is 9.33. The molecule has 1 N–H and O–H groups in total. The van der Waals surface area contributed by atoms with Crippen LogP contribution in [-0.2, 0) is 15.8 Å². The summed E-state index contributed by atoms with van der Waals surface area (Å²) in [5.74, 6) is 0.732. The van der Waals surface area contributed by atoms with E-state index in [2.05, 4.69) is 25.3 Å². The zero-order valence-corrected chi connectivity index (χ0v) is 17.5. The van der Waals surface area contributed by atoms with Crippen LogP contribution >= 0.6 is 0 Å². The van der Waals surface area contributed by atoms with Crippen molar-refractivity contribution in [3.05, 3.63) is 18.0 Å². The maximum Gasteiger partial charge on any atom is 0.220 e. The van der Waals surface area contributed by atoms with E-state index in [1.807, 2.05) is 0 Å². The van der Waals surface area contributed by atoms with Gasteiger partial charge in [-0.05, 0) is 25.9 Å². The summed E-state index contributed by atoms with van der Waals surface area (Å²) >= 11 is 0. The van der Waals surface area contributed by atoms with E-state index in [9.17, 15) is 8.42 Å². The monoisotopic (exact) mass is 412 g/mol. The van der Waals surface area contributed by atoms with Crippen molar-refractivity contribution in [2.24, 2.45) is 4.99 Å². The molecule has 2 aliphatic heterocycles. The number of hydrogen-bond acceptors (Lipinski definition) is 6. The summed E-state index contributed by atoms with van der Waals surface area (Å²) in [6, 6.07) is 1.59. The molecule has 0 saturated carbocycles. The zero-order chi connectivity index (χ0) is 19.8. The van der Waals surface area contributed by atoms with Gasteiger partial charge in [0.05, 0.1) is 5.69 Å².